The zero-order valence-electron chi connectivity index (χ0n) is 17.6. The molecule has 1 N–H and O–H groups in total. The Labute approximate surface area is 195 Å². The molecule has 1 aliphatic heterocycles. The molecule has 1 saturated heterocycles. The van der Waals surface area contributed by atoms with Crippen molar-refractivity contribution in [3.63, 3.8) is 0 Å². The number of halogens is 1. The van der Waals surface area contributed by atoms with E-state index in [1.165, 1.54) is 17.0 Å². The highest BCUT2D eigenvalue weighted by molar-refractivity contribution is 7.14. The molecule has 0 bridgehead atoms. The molecule has 2 heterocycles. The van der Waals surface area contributed by atoms with Gasteiger partial charge in [-0.05, 0) is 19.1 Å². The minimum atomic E-state index is -1.02. The van der Waals surface area contributed by atoms with Gasteiger partial charge in [-0.15, -0.1) is 11.3 Å². The molecule has 1 atom stereocenters. The third-order valence-corrected chi connectivity index (χ3v) is 6.13. The Morgan fingerprint density at radius 1 is 1.18 bits per heavy atom. The van der Waals surface area contributed by atoms with E-state index in [2.05, 4.69) is 10.3 Å². The maximum absolute atomic E-state index is 13.6. The van der Waals surface area contributed by atoms with E-state index in [1.807, 2.05) is 0 Å². The van der Waals surface area contributed by atoms with Crippen molar-refractivity contribution in [2.75, 3.05) is 16.8 Å². The number of aryl methyl sites for hydroxylation is 1. The number of carbonyl (C=O) groups is 2. The van der Waals surface area contributed by atoms with Gasteiger partial charge in [-0.2, -0.15) is 4.39 Å². The Morgan fingerprint density at radius 2 is 1.91 bits per heavy atom. The standard InChI is InChI=1S/C21H16FN5O6S/c1-11-2-3-12(6-17(11)26(30)31)16-10-34-21(23-16)24-20(29)13-7-19(28)25(9-13)14-4-5-15(22)18(8-14)27(32)33/h2-6,8,10,13H,7,9H2,1H3,(H,23,24,29). The van der Waals surface area contributed by atoms with E-state index in [4.69, 9.17) is 0 Å². The molecule has 174 valence electrons. The fraction of sp³-hybridized carbons (Fsp3) is 0.190. The van der Waals surface area contributed by atoms with Gasteiger partial charge in [0, 0.05) is 41.6 Å². The number of nitro groups is 2. The van der Waals surface area contributed by atoms with Gasteiger partial charge >= 0.3 is 5.69 Å². The van der Waals surface area contributed by atoms with Crippen LogP contribution in [0.3, 0.4) is 0 Å². The van der Waals surface area contributed by atoms with Crippen LogP contribution in [0.15, 0.2) is 41.8 Å². The van der Waals surface area contributed by atoms with Gasteiger partial charge in [0.2, 0.25) is 17.6 Å². The zero-order chi connectivity index (χ0) is 24.6. The first kappa shape index (κ1) is 22.9. The van der Waals surface area contributed by atoms with Crippen LogP contribution in [0.5, 0.6) is 0 Å². The molecular formula is C21H16FN5O6S. The van der Waals surface area contributed by atoms with Crippen molar-refractivity contribution in [1.82, 2.24) is 4.98 Å². The van der Waals surface area contributed by atoms with Gasteiger partial charge in [-0.25, -0.2) is 4.98 Å². The predicted molar refractivity (Wildman–Crippen MR) is 121 cm³/mol. The number of anilines is 2. The zero-order valence-corrected chi connectivity index (χ0v) is 18.4. The summed E-state index contributed by atoms with van der Waals surface area (Å²) in [7, 11) is 0. The lowest BCUT2D eigenvalue weighted by Crippen LogP contribution is -2.28. The minimum Gasteiger partial charge on any atom is -0.311 e. The van der Waals surface area contributed by atoms with Crippen molar-refractivity contribution in [3.8, 4) is 11.3 Å². The summed E-state index contributed by atoms with van der Waals surface area (Å²) in [4.78, 5) is 51.4. The van der Waals surface area contributed by atoms with Crippen molar-refractivity contribution in [1.29, 1.82) is 0 Å². The summed E-state index contributed by atoms with van der Waals surface area (Å²) in [5, 5.41) is 26.7. The van der Waals surface area contributed by atoms with Gasteiger partial charge in [0.15, 0.2) is 5.13 Å². The molecule has 0 saturated carbocycles. The van der Waals surface area contributed by atoms with Gasteiger partial charge in [0.05, 0.1) is 27.1 Å². The highest BCUT2D eigenvalue weighted by atomic mass is 32.1. The van der Waals surface area contributed by atoms with E-state index in [1.54, 1.807) is 24.4 Å². The predicted octanol–water partition coefficient (Wildman–Crippen LogP) is 4.07. The van der Waals surface area contributed by atoms with Crippen molar-refractivity contribution in [2.24, 2.45) is 5.92 Å². The number of nitro benzene ring substituents is 2. The Balaban J connectivity index is 1.47. The van der Waals surface area contributed by atoms with Crippen molar-refractivity contribution >= 4 is 45.3 Å². The number of amides is 2. The van der Waals surface area contributed by atoms with Gasteiger partial charge in [0.25, 0.3) is 5.69 Å². The number of nitrogens with zero attached hydrogens (tertiary/aromatic N) is 4. The molecule has 1 fully saturated rings. The van der Waals surface area contributed by atoms with Gasteiger partial charge < -0.3 is 10.2 Å². The molecule has 0 aliphatic carbocycles. The number of benzene rings is 2. The maximum Gasteiger partial charge on any atom is 0.306 e. The van der Waals surface area contributed by atoms with E-state index >= 15 is 0 Å². The van der Waals surface area contributed by atoms with Gasteiger partial charge in [0.1, 0.15) is 0 Å². The van der Waals surface area contributed by atoms with Crippen LogP contribution in [0.4, 0.5) is 26.6 Å². The van der Waals surface area contributed by atoms with E-state index in [0.717, 1.165) is 23.5 Å². The van der Waals surface area contributed by atoms with Crippen LogP contribution in [0.2, 0.25) is 0 Å². The highest BCUT2D eigenvalue weighted by Gasteiger charge is 2.36. The normalized spacial score (nSPS) is 15.4. The fourth-order valence-corrected chi connectivity index (χ4v) is 4.30. The number of hydrogen-bond acceptors (Lipinski definition) is 8. The number of nitrogens with one attached hydrogen (secondary N) is 1. The first-order valence-electron chi connectivity index (χ1n) is 9.90. The summed E-state index contributed by atoms with van der Waals surface area (Å²) >= 11 is 1.13. The van der Waals surface area contributed by atoms with Crippen LogP contribution in [0, 0.1) is 38.9 Å². The third-order valence-electron chi connectivity index (χ3n) is 5.37. The number of hydrogen-bond donors (Lipinski definition) is 1. The highest BCUT2D eigenvalue weighted by Crippen LogP contribution is 2.32. The van der Waals surface area contributed by atoms with Crippen LogP contribution in [0.25, 0.3) is 11.3 Å². The third kappa shape index (κ3) is 4.45. The summed E-state index contributed by atoms with van der Waals surface area (Å²) < 4.78 is 13.6. The molecule has 1 aromatic heterocycles. The van der Waals surface area contributed by atoms with E-state index in [0.29, 0.717) is 16.8 Å². The molecule has 2 amide bonds. The largest absolute Gasteiger partial charge is 0.311 e. The quantitative estimate of drug-likeness (QED) is 0.409. The number of rotatable bonds is 6. The summed E-state index contributed by atoms with van der Waals surface area (Å²) in [5.74, 6) is -2.66. The van der Waals surface area contributed by atoms with Crippen LogP contribution in [-0.2, 0) is 9.59 Å². The SMILES string of the molecule is Cc1ccc(-c2csc(NC(=O)C3CC(=O)N(c4ccc(F)c([N+](=O)[O-])c4)C3)n2)cc1[N+](=O)[O-]. The van der Waals surface area contributed by atoms with E-state index in [-0.39, 0.29) is 29.5 Å². The lowest BCUT2D eigenvalue weighted by molar-refractivity contribution is -0.387. The van der Waals surface area contributed by atoms with Crippen LogP contribution in [-0.4, -0.2) is 33.2 Å². The molecule has 13 heteroatoms. The average Bonchev–Trinajstić information content (AvgIpc) is 3.41. The van der Waals surface area contributed by atoms with Crippen molar-refractivity contribution in [3.05, 3.63) is 73.4 Å². The molecule has 0 spiro atoms. The molecule has 1 unspecified atom stereocenters. The number of carbonyl (C=O) groups excluding carboxylic acids is 2. The number of aromatic nitrogens is 1. The van der Waals surface area contributed by atoms with Crippen LogP contribution < -0.4 is 10.2 Å². The lowest BCUT2D eigenvalue weighted by Gasteiger charge is -2.16. The second-order valence-corrected chi connectivity index (χ2v) is 8.44. The number of thiazole rings is 1. The molecule has 3 aromatic rings. The van der Waals surface area contributed by atoms with Crippen LogP contribution in [0.1, 0.15) is 12.0 Å². The summed E-state index contributed by atoms with van der Waals surface area (Å²) in [6.07, 6.45) is -0.126. The first-order valence-corrected chi connectivity index (χ1v) is 10.8. The van der Waals surface area contributed by atoms with Gasteiger partial charge in [-0.1, -0.05) is 12.1 Å². The van der Waals surface area contributed by atoms with E-state index < -0.39 is 39.1 Å². The smallest absolute Gasteiger partial charge is 0.306 e. The topological polar surface area (TPSA) is 149 Å². The minimum absolute atomic E-state index is 0.0319. The molecule has 1 aliphatic rings. The van der Waals surface area contributed by atoms with Crippen LogP contribution >= 0.6 is 11.3 Å². The second-order valence-electron chi connectivity index (χ2n) is 7.58. The summed E-state index contributed by atoms with van der Waals surface area (Å²) in [5.41, 5.74) is 0.817. The first-order chi connectivity index (χ1) is 16.1. The second kappa shape index (κ2) is 8.94. The van der Waals surface area contributed by atoms with Crippen molar-refractivity contribution in [2.45, 2.75) is 13.3 Å². The molecule has 11 nitrogen and oxygen atoms in total. The molecule has 2 aromatic carbocycles. The molecule has 34 heavy (non-hydrogen) atoms. The Morgan fingerprint density at radius 3 is 2.62 bits per heavy atom. The molecular weight excluding hydrogens is 469 g/mol. The van der Waals surface area contributed by atoms with Crippen molar-refractivity contribution < 1.29 is 23.8 Å². The summed E-state index contributed by atoms with van der Waals surface area (Å²) in [6, 6.07) is 7.82. The Kier molecular flexibility index (Phi) is 6.03. The average molecular weight is 485 g/mol. The van der Waals surface area contributed by atoms with E-state index in [9.17, 15) is 34.2 Å². The summed E-state index contributed by atoms with van der Waals surface area (Å²) in [6.45, 7) is 1.60. The van der Waals surface area contributed by atoms with Gasteiger partial charge in [-0.3, -0.25) is 29.8 Å². The monoisotopic (exact) mass is 485 g/mol. The lowest BCUT2D eigenvalue weighted by atomic mass is 10.1. The fourth-order valence-electron chi connectivity index (χ4n) is 3.58. The molecule has 4 rings (SSSR count). The Bertz CT molecular complexity index is 1340. The molecule has 0 radical (unpaired) electrons. The Hall–Kier alpha value is -4.26. The maximum atomic E-state index is 13.6.